The molecule has 0 radical (unpaired) electrons. The van der Waals surface area contributed by atoms with Gasteiger partial charge in [-0.1, -0.05) is 30.3 Å². The van der Waals surface area contributed by atoms with Crippen molar-refractivity contribution in [1.82, 2.24) is 4.98 Å². The number of carbonyl (C=O) groups excluding carboxylic acids is 1. The Morgan fingerprint density at radius 2 is 1.96 bits per heavy atom. The topological polar surface area (TPSA) is 37.6 Å². The Bertz CT molecular complexity index is 965. The van der Waals surface area contributed by atoms with Crippen molar-refractivity contribution in [3.8, 4) is 0 Å². The monoisotopic (exact) mass is 392 g/mol. The molecule has 1 N–H and O–H groups in total. The summed E-state index contributed by atoms with van der Waals surface area (Å²) in [6.45, 7) is 2.46. The third-order valence-corrected chi connectivity index (χ3v) is 7.28. The maximum Gasteiger partial charge on any atom is 0.282 e. The van der Waals surface area contributed by atoms with E-state index in [2.05, 4.69) is 42.5 Å². The van der Waals surface area contributed by atoms with Crippen molar-refractivity contribution in [2.24, 2.45) is 0 Å². The second kappa shape index (κ2) is 7.64. The predicted molar refractivity (Wildman–Crippen MR) is 114 cm³/mol. The van der Waals surface area contributed by atoms with Crippen LogP contribution in [-0.4, -0.2) is 30.5 Å². The first-order valence-electron chi connectivity index (χ1n) is 10.4. The molecule has 0 bridgehead atoms. The molecular formula is C23H26N3OS+. The molecule has 2 aliphatic rings. The molecule has 1 unspecified atom stereocenters. The Kier molecular flexibility index (Phi) is 4.87. The maximum absolute atomic E-state index is 13.3. The number of anilines is 1. The molecule has 3 heterocycles. The molecular weight excluding hydrogens is 366 g/mol. The van der Waals surface area contributed by atoms with Crippen molar-refractivity contribution < 1.29 is 9.69 Å². The van der Waals surface area contributed by atoms with Crippen LogP contribution >= 0.6 is 11.3 Å². The summed E-state index contributed by atoms with van der Waals surface area (Å²) in [5, 5.41) is 1.20. The normalized spacial score (nSPS) is 22.2. The summed E-state index contributed by atoms with van der Waals surface area (Å²) in [4.78, 5) is 21.6. The number of rotatable bonds is 3. The summed E-state index contributed by atoms with van der Waals surface area (Å²) in [6, 6.07) is 17.1. The van der Waals surface area contributed by atoms with E-state index < -0.39 is 0 Å². The smallest absolute Gasteiger partial charge is 0.282 e. The lowest BCUT2D eigenvalue weighted by Gasteiger charge is -2.34. The van der Waals surface area contributed by atoms with E-state index in [0.717, 1.165) is 43.6 Å². The van der Waals surface area contributed by atoms with Gasteiger partial charge in [0.15, 0.2) is 11.6 Å². The van der Waals surface area contributed by atoms with Gasteiger partial charge in [0.2, 0.25) is 0 Å². The molecule has 2 aliphatic heterocycles. The van der Waals surface area contributed by atoms with Gasteiger partial charge in [0, 0.05) is 18.7 Å². The van der Waals surface area contributed by atoms with E-state index in [1.54, 1.807) is 11.3 Å². The standard InChI is InChI=1S/C23H25N3OS/c27-22(26-15-7-9-17-8-1-3-11-19(17)26)16-25-14-6-5-12-20(25)23-24-18-10-2-4-13-21(18)28-23/h1-4,8,10-11,13,20H,5-7,9,12,14-16H2/p+1/t20-/m1/s1. The van der Waals surface area contributed by atoms with Gasteiger partial charge >= 0.3 is 0 Å². The van der Waals surface area contributed by atoms with E-state index in [9.17, 15) is 4.79 Å². The number of likely N-dealkylation sites (tertiary alicyclic amines) is 1. The molecule has 0 aliphatic carbocycles. The quantitative estimate of drug-likeness (QED) is 0.742. The van der Waals surface area contributed by atoms with Crippen LogP contribution in [0.5, 0.6) is 0 Å². The highest BCUT2D eigenvalue weighted by atomic mass is 32.1. The molecule has 3 aromatic rings. The van der Waals surface area contributed by atoms with Gasteiger partial charge in [0.05, 0.1) is 16.8 Å². The van der Waals surface area contributed by atoms with Crippen molar-refractivity contribution in [3.05, 3.63) is 59.1 Å². The fraction of sp³-hybridized carbons (Fsp3) is 0.391. The van der Waals surface area contributed by atoms with Crippen LogP contribution in [0, 0.1) is 0 Å². The molecule has 1 aromatic heterocycles. The minimum Gasteiger partial charge on any atom is -0.319 e. The summed E-state index contributed by atoms with van der Waals surface area (Å²) >= 11 is 1.80. The van der Waals surface area contributed by atoms with Crippen LogP contribution in [0.3, 0.4) is 0 Å². The van der Waals surface area contributed by atoms with Gasteiger partial charge in [-0.3, -0.25) is 4.79 Å². The molecule has 4 nitrogen and oxygen atoms in total. The summed E-state index contributed by atoms with van der Waals surface area (Å²) < 4.78 is 1.25. The molecule has 2 aromatic carbocycles. The number of amides is 1. The van der Waals surface area contributed by atoms with Crippen LogP contribution in [0.4, 0.5) is 5.69 Å². The minimum absolute atomic E-state index is 0.259. The molecule has 5 rings (SSSR count). The van der Waals surface area contributed by atoms with Gasteiger partial charge in [-0.15, -0.1) is 11.3 Å². The zero-order valence-electron chi connectivity index (χ0n) is 16.1. The fourth-order valence-corrected chi connectivity index (χ4v) is 5.87. The summed E-state index contributed by atoms with van der Waals surface area (Å²) in [5.41, 5.74) is 3.51. The number of fused-ring (bicyclic) bond motifs is 2. The number of aryl methyl sites for hydroxylation is 1. The minimum atomic E-state index is 0.259. The molecule has 28 heavy (non-hydrogen) atoms. The van der Waals surface area contributed by atoms with Crippen molar-refractivity contribution in [2.75, 3.05) is 24.5 Å². The summed E-state index contributed by atoms with van der Waals surface area (Å²) in [7, 11) is 0. The third kappa shape index (κ3) is 3.33. The van der Waals surface area contributed by atoms with Crippen molar-refractivity contribution in [2.45, 2.75) is 38.1 Å². The number of carbonyl (C=O) groups is 1. The van der Waals surface area contributed by atoms with Crippen LogP contribution in [-0.2, 0) is 11.2 Å². The average Bonchev–Trinajstić information content (AvgIpc) is 3.18. The summed E-state index contributed by atoms with van der Waals surface area (Å²) in [6.07, 6.45) is 5.68. The van der Waals surface area contributed by atoms with Crippen molar-refractivity contribution in [1.29, 1.82) is 0 Å². The maximum atomic E-state index is 13.3. The largest absolute Gasteiger partial charge is 0.319 e. The number of hydrogen-bond acceptors (Lipinski definition) is 3. The van der Waals surface area contributed by atoms with Crippen LogP contribution in [0.25, 0.3) is 10.2 Å². The first kappa shape index (κ1) is 17.8. The number of aromatic nitrogens is 1. The molecule has 144 valence electrons. The number of benzene rings is 2. The van der Waals surface area contributed by atoms with Gasteiger partial charge in [0.1, 0.15) is 6.04 Å². The van der Waals surface area contributed by atoms with Gasteiger partial charge in [0.25, 0.3) is 5.91 Å². The van der Waals surface area contributed by atoms with Crippen molar-refractivity contribution >= 4 is 33.1 Å². The Balaban J connectivity index is 1.38. The number of piperidine rings is 1. The lowest BCUT2D eigenvalue weighted by molar-refractivity contribution is -0.929. The highest BCUT2D eigenvalue weighted by Crippen LogP contribution is 2.29. The van der Waals surface area contributed by atoms with E-state index in [1.807, 2.05) is 11.0 Å². The van der Waals surface area contributed by atoms with Gasteiger partial charge < -0.3 is 9.80 Å². The van der Waals surface area contributed by atoms with Crippen LogP contribution in [0.2, 0.25) is 0 Å². The van der Waals surface area contributed by atoms with E-state index in [4.69, 9.17) is 4.98 Å². The lowest BCUT2D eigenvalue weighted by Crippen LogP contribution is -3.14. The number of para-hydroxylation sites is 2. The fourth-order valence-electron chi connectivity index (χ4n) is 4.71. The molecule has 5 heteroatoms. The van der Waals surface area contributed by atoms with Crippen LogP contribution in [0.15, 0.2) is 48.5 Å². The molecule has 1 fully saturated rings. The first-order chi connectivity index (χ1) is 13.8. The first-order valence-corrected chi connectivity index (χ1v) is 11.2. The molecule has 2 atom stereocenters. The lowest BCUT2D eigenvalue weighted by atomic mass is 10.0. The summed E-state index contributed by atoms with van der Waals surface area (Å²) in [5.74, 6) is 0.259. The Morgan fingerprint density at radius 3 is 2.89 bits per heavy atom. The Morgan fingerprint density at radius 1 is 1.11 bits per heavy atom. The predicted octanol–water partition coefficient (Wildman–Crippen LogP) is 3.39. The van der Waals surface area contributed by atoms with E-state index >= 15 is 0 Å². The van der Waals surface area contributed by atoms with Gasteiger partial charge in [-0.2, -0.15) is 0 Å². The highest BCUT2D eigenvalue weighted by molar-refractivity contribution is 7.18. The molecule has 0 saturated carbocycles. The second-order valence-corrected chi connectivity index (χ2v) is 8.99. The zero-order valence-corrected chi connectivity index (χ0v) is 16.9. The zero-order chi connectivity index (χ0) is 18.9. The van der Waals surface area contributed by atoms with E-state index in [1.165, 1.54) is 33.0 Å². The van der Waals surface area contributed by atoms with E-state index in [-0.39, 0.29) is 5.91 Å². The average molecular weight is 393 g/mol. The highest BCUT2D eigenvalue weighted by Gasteiger charge is 2.34. The molecule has 1 amide bonds. The third-order valence-electron chi connectivity index (χ3n) is 6.13. The van der Waals surface area contributed by atoms with E-state index in [0.29, 0.717) is 12.6 Å². The molecule has 1 saturated heterocycles. The van der Waals surface area contributed by atoms with Gasteiger partial charge in [-0.05, 0) is 49.4 Å². The number of quaternary nitrogens is 1. The van der Waals surface area contributed by atoms with Crippen LogP contribution < -0.4 is 9.80 Å². The molecule has 0 spiro atoms. The Hall–Kier alpha value is -2.24. The Labute approximate surface area is 169 Å². The number of nitrogens with zero attached hydrogens (tertiary/aromatic N) is 2. The van der Waals surface area contributed by atoms with Gasteiger partial charge in [-0.25, -0.2) is 4.98 Å². The SMILES string of the molecule is O=C(C[NH+]1CCCC[C@@H]1c1nc2ccccc2s1)N1CCCc2ccccc21. The number of hydrogen-bond donors (Lipinski definition) is 1. The van der Waals surface area contributed by atoms with Crippen molar-refractivity contribution in [3.63, 3.8) is 0 Å². The number of nitrogens with one attached hydrogen (secondary N) is 1. The second-order valence-electron chi connectivity index (χ2n) is 7.93. The number of thiazole rings is 1. The van der Waals surface area contributed by atoms with Crippen LogP contribution in [0.1, 0.15) is 42.3 Å².